The minimum atomic E-state index is -0.0541. The quantitative estimate of drug-likeness (QED) is 0.797. The normalized spacial score (nSPS) is 10.5. The second kappa shape index (κ2) is 5.71. The highest BCUT2D eigenvalue weighted by Crippen LogP contribution is 2.17. The van der Waals surface area contributed by atoms with Crippen LogP contribution >= 0.6 is 0 Å². The molecule has 3 aromatic rings. The van der Waals surface area contributed by atoms with Crippen molar-refractivity contribution in [2.24, 2.45) is 0 Å². The molecule has 106 valence electrons. The first-order valence-corrected chi connectivity index (χ1v) is 6.74. The van der Waals surface area contributed by atoms with Gasteiger partial charge in [0, 0.05) is 17.4 Å². The highest BCUT2D eigenvalue weighted by Gasteiger charge is 2.06. The number of aromatic nitrogens is 1. The van der Waals surface area contributed by atoms with Gasteiger partial charge < -0.3 is 14.6 Å². The summed E-state index contributed by atoms with van der Waals surface area (Å²) in [4.78, 5) is 12.1. The maximum atomic E-state index is 12.1. The van der Waals surface area contributed by atoms with E-state index in [1.54, 1.807) is 7.11 Å². The van der Waals surface area contributed by atoms with Gasteiger partial charge in [0.2, 0.25) is 5.91 Å². The predicted molar refractivity (Wildman–Crippen MR) is 83.6 cm³/mol. The molecule has 0 aliphatic heterocycles. The lowest BCUT2D eigenvalue weighted by atomic mass is 10.2. The average molecular weight is 280 g/mol. The van der Waals surface area contributed by atoms with E-state index >= 15 is 0 Å². The molecule has 0 saturated carbocycles. The van der Waals surface area contributed by atoms with Crippen molar-refractivity contribution in [3.05, 3.63) is 60.8 Å². The smallest absolute Gasteiger partial charge is 0.244 e. The maximum Gasteiger partial charge on any atom is 0.244 e. The first-order chi connectivity index (χ1) is 10.3. The Labute approximate surface area is 123 Å². The number of carbonyl (C=O) groups is 1. The van der Waals surface area contributed by atoms with E-state index in [4.69, 9.17) is 4.74 Å². The molecular formula is C17H16N2O2. The van der Waals surface area contributed by atoms with E-state index in [1.165, 1.54) is 0 Å². The third kappa shape index (κ3) is 2.89. The SMILES string of the molecule is COc1ccc(NC(=O)Cn2ccc3ccccc32)cc1. The molecule has 0 spiro atoms. The highest BCUT2D eigenvalue weighted by molar-refractivity contribution is 5.92. The van der Waals surface area contributed by atoms with Crippen LogP contribution in [0.2, 0.25) is 0 Å². The van der Waals surface area contributed by atoms with Gasteiger partial charge in [-0.25, -0.2) is 0 Å². The zero-order valence-corrected chi connectivity index (χ0v) is 11.7. The summed E-state index contributed by atoms with van der Waals surface area (Å²) in [6.45, 7) is 0.291. The molecule has 21 heavy (non-hydrogen) atoms. The predicted octanol–water partition coefficient (Wildman–Crippen LogP) is 3.29. The maximum absolute atomic E-state index is 12.1. The fraction of sp³-hybridized carbons (Fsp3) is 0.118. The number of nitrogens with zero attached hydrogens (tertiary/aromatic N) is 1. The second-order valence-corrected chi connectivity index (χ2v) is 4.78. The minimum Gasteiger partial charge on any atom is -0.497 e. The molecule has 4 nitrogen and oxygen atoms in total. The third-order valence-electron chi connectivity index (χ3n) is 3.37. The van der Waals surface area contributed by atoms with Gasteiger partial charge in [0.25, 0.3) is 0 Å². The summed E-state index contributed by atoms with van der Waals surface area (Å²) in [6.07, 6.45) is 1.93. The molecule has 0 saturated heterocycles. The molecule has 0 fully saturated rings. The number of benzene rings is 2. The summed E-state index contributed by atoms with van der Waals surface area (Å²) in [5.74, 6) is 0.714. The lowest BCUT2D eigenvalue weighted by molar-refractivity contribution is -0.116. The number of hydrogen-bond donors (Lipinski definition) is 1. The summed E-state index contributed by atoms with van der Waals surface area (Å²) in [7, 11) is 1.62. The van der Waals surface area contributed by atoms with Gasteiger partial charge in [0.05, 0.1) is 7.11 Å². The first-order valence-electron chi connectivity index (χ1n) is 6.74. The standard InChI is InChI=1S/C17H16N2O2/c1-21-15-8-6-14(7-9-15)18-17(20)12-19-11-10-13-4-2-3-5-16(13)19/h2-11H,12H2,1H3,(H,18,20). The molecule has 0 radical (unpaired) electrons. The fourth-order valence-electron chi connectivity index (χ4n) is 2.31. The molecule has 0 unspecified atom stereocenters. The van der Waals surface area contributed by atoms with Crippen molar-refractivity contribution < 1.29 is 9.53 Å². The summed E-state index contributed by atoms with van der Waals surface area (Å²) in [5.41, 5.74) is 1.82. The largest absolute Gasteiger partial charge is 0.497 e. The number of rotatable bonds is 4. The van der Waals surface area contributed by atoms with Crippen LogP contribution in [0, 0.1) is 0 Å². The van der Waals surface area contributed by atoms with Crippen LogP contribution in [0.25, 0.3) is 10.9 Å². The zero-order chi connectivity index (χ0) is 14.7. The number of fused-ring (bicyclic) bond motifs is 1. The van der Waals surface area contributed by atoms with Crippen LogP contribution in [0.5, 0.6) is 5.75 Å². The van der Waals surface area contributed by atoms with Crippen molar-refractivity contribution in [2.75, 3.05) is 12.4 Å². The second-order valence-electron chi connectivity index (χ2n) is 4.78. The van der Waals surface area contributed by atoms with E-state index in [1.807, 2.05) is 65.4 Å². The number of para-hydroxylation sites is 1. The Balaban J connectivity index is 1.71. The van der Waals surface area contributed by atoms with E-state index < -0.39 is 0 Å². The van der Waals surface area contributed by atoms with Gasteiger partial charge in [-0.3, -0.25) is 4.79 Å². The summed E-state index contributed by atoms with van der Waals surface area (Å²) in [6, 6.07) is 17.3. The molecular weight excluding hydrogens is 264 g/mol. The molecule has 0 bridgehead atoms. The molecule has 4 heteroatoms. The van der Waals surface area contributed by atoms with Crippen LogP contribution < -0.4 is 10.1 Å². The number of hydrogen-bond acceptors (Lipinski definition) is 2. The Morgan fingerprint density at radius 2 is 1.86 bits per heavy atom. The summed E-state index contributed by atoms with van der Waals surface area (Å²) < 4.78 is 7.03. The summed E-state index contributed by atoms with van der Waals surface area (Å²) in [5, 5.41) is 4.01. The van der Waals surface area contributed by atoms with Crippen molar-refractivity contribution in [3.63, 3.8) is 0 Å². The number of nitrogens with one attached hydrogen (secondary N) is 1. The lowest BCUT2D eigenvalue weighted by Gasteiger charge is -2.08. The van der Waals surface area contributed by atoms with Crippen LogP contribution in [0.1, 0.15) is 0 Å². The lowest BCUT2D eigenvalue weighted by Crippen LogP contribution is -2.18. The van der Waals surface area contributed by atoms with Gasteiger partial charge in [-0.1, -0.05) is 18.2 Å². The third-order valence-corrected chi connectivity index (χ3v) is 3.37. The topological polar surface area (TPSA) is 43.3 Å². The number of ether oxygens (including phenoxy) is 1. The molecule has 3 rings (SSSR count). The van der Waals surface area contributed by atoms with Crippen molar-refractivity contribution in [1.29, 1.82) is 0 Å². The van der Waals surface area contributed by atoms with Crippen LogP contribution in [-0.2, 0) is 11.3 Å². The molecule has 1 amide bonds. The van der Waals surface area contributed by atoms with Gasteiger partial charge in [0.15, 0.2) is 0 Å². The Morgan fingerprint density at radius 1 is 1.10 bits per heavy atom. The average Bonchev–Trinajstić information content (AvgIpc) is 2.91. The Kier molecular flexibility index (Phi) is 3.60. The summed E-state index contributed by atoms with van der Waals surface area (Å²) >= 11 is 0. The van der Waals surface area contributed by atoms with Crippen molar-refractivity contribution >= 4 is 22.5 Å². The van der Waals surface area contributed by atoms with Gasteiger partial charge in [-0.2, -0.15) is 0 Å². The highest BCUT2D eigenvalue weighted by atomic mass is 16.5. The van der Waals surface area contributed by atoms with Crippen LogP contribution in [0.15, 0.2) is 60.8 Å². The van der Waals surface area contributed by atoms with Crippen LogP contribution in [-0.4, -0.2) is 17.6 Å². The molecule has 1 aromatic heterocycles. The van der Waals surface area contributed by atoms with Crippen molar-refractivity contribution in [1.82, 2.24) is 4.57 Å². The van der Waals surface area contributed by atoms with Crippen molar-refractivity contribution in [3.8, 4) is 5.75 Å². The van der Waals surface area contributed by atoms with E-state index in [0.717, 1.165) is 22.3 Å². The fourth-order valence-corrected chi connectivity index (χ4v) is 2.31. The van der Waals surface area contributed by atoms with Gasteiger partial charge in [-0.15, -0.1) is 0 Å². The van der Waals surface area contributed by atoms with Crippen LogP contribution in [0.3, 0.4) is 0 Å². The number of anilines is 1. The van der Waals surface area contributed by atoms with Gasteiger partial charge >= 0.3 is 0 Å². The molecule has 2 aromatic carbocycles. The van der Waals surface area contributed by atoms with Crippen LogP contribution in [0.4, 0.5) is 5.69 Å². The Hall–Kier alpha value is -2.75. The zero-order valence-electron chi connectivity index (χ0n) is 11.7. The van der Waals surface area contributed by atoms with Crippen molar-refractivity contribution in [2.45, 2.75) is 6.54 Å². The van der Waals surface area contributed by atoms with Gasteiger partial charge in [0.1, 0.15) is 12.3 Å². The Morgan fingerprint density at radius 3 is 2.62 bits per heavy atom. The molecule has 1 heterocycles. The first kappa shape index (κ1) is 13.2. The van der Waals surface area contributed by atoms with E-state index in [9.17, 15) is 4.79 Å². The monoisotopic (exact) mass is 280 g/mol. The number of methoxy groups -OCH3 is 1. The van der Waals surface area contributed by atoms with Gasteiger partial charge in [-0.05, 0) is 41.8 Å². The molecule has 1 N–H and O–H groups in total. The number of amides is 1. The molecule has 0 atom stereocenters. The van der Waals surface area contributed by atoms with E-state index in [-0.39, 0.29) is 5.91 Å². The Bertz CT molecular complexity index is 760. The van der Waals surface area contributed by atoms with E-state index in [2.05, 4.69) is 5.32 Å². The number of carbonyl (C=O) groups excluding carboxylic acids is 1. The minimum absolute atomic E-state index is 0.0541. The van der Waals surface area contributed by atoms with E-state index in [0.29, 0.717) is 6.54 Å². The molecule has 0 aliphatic rings. The molecule has 0 aliphatic carbocycles.